The summed E-state index contributed by atoms with van der Waals surface area (Å²) in [6, 6.07) is 5.33. The molecule has 0 spiro atoms. The number of para-hydroxylation sites is 2. The van der Waals surface area contributed by atoms with Crippen LogP contribution in [0.4, 0.5) is 5.69 Å². The summed E-state index contributed by atoms with van der Waals surface area (Å²) in [4.78, 5) is 38.4. The number of carbonyl (C=O) groups excluding carboxylic acids is 2. The van der Waals surface area contributed by atoms with Crippen LogP contribution in [0, 0.1) is 5.92 Å². The number of amides is 1. The number of carboxylic acids is 1. The molecule has 0 radical (unpaired) electrons. The van der Waals surface area contributed by atoms with Crippen molar-refractivity contribution in [2.75, 3.05) is 36.2 Å². The molecule has 2 aliphatic heterocycles. The molecule has 2 heterocycles. The number of nitrogens with zero attached hydrogens (tertiary/aromatic N) is 1. The molecule has 2 aliphatic rings. The minimum atomic E-state index is -1.12. The first-order valence-corrected chi connectivity index (χ1v) is 11.9. The first kappa shape index (κ1) is 23.4. The molecule has 31 heavy (non-hydrogen) atoms. The van der Waals surface area contributed by atoms with Crippen LogP contribution < -0.4 is 15.0 Å². The van der Waals surface area contributed by atoms with Crippen LogP contribution in [-0.2, 0) is 19.1 Å². The number of nitrogens with one attached hydrogen (secondary N) is 1. The third-order valence-electron chi connectivity index (χ3n) is 5.60. The number of hydrogen-bond acceptors (Lipinski definition) is 7. The van der Waals surface area contributed by atoms with E-state index in [4.69, 9.17) is 9.47 Å². The standard InChI is InChI=1S/C22H30N2O6S/c1-2-29-22(28)16(8-7-15-9-11-31-12-10-15)23-17-14-30-19-6-4-3-5-18(19)24(21(17)27)13-20(25)26/h3-6,15-17,23H,2,7-14H2,1H3,(H,25,26)/t16?,17-/m0/s1. The van der Waals surface area contributed by atoms with Crippen molar-refractivity contribution in [1.29, 1.82) is 0 Å². The van der Waals surface area contributed by atoms with Crippen molar-refractivity contribution in [3.63, 3.8) is 0 Å². The van der Waals surface area contributed by atoms with Gasteiger partial charge in [0.15, 0.2) is 0 Å². The Balaban J connectivity index is 1.74. The molecule has 9 heteroatoms. The fraction of sp³-hybridized carbons (Fsp3) is 0.591. The van der Waals surface area contributed by atoms with Gasteiger partial charge in [0.2, 0.25) is 5.91 Å². The molecule has 2 N–H and O–H groups in total. The van der Waals surface area contributed by atoms with Gasteiger partial charge in [-0.25, -0.2) is 0 Å². The zero-order valence-electron chi connectivity index (χ0n) is 17.7. The van der Waals surface area contributed by atoms with Crippen molar-refractivity contribution < 1.29 is 29.0 Å². The predicted octanol–water partition coefficient (Wildman–Crippen LogP) is 2.31. The fourth-order valence-electron chi connectivity index (χ4n) is 3.96. The fourth-order valence-corrected chi connectivity index (χ4v) is 5.17. The zero-order chi connectivity index (χ0) is 22.2. The van der Waals surface area contributed by atoms with Gasteiger partial charge in [-0.15, -0.1) is 0 Å². The summed E-state index contributed by atoms with van der Waals surface area (Å²) in [5, 5.41) is 12.4. The van der Waals surface area contributed by atoms with Crippen LogP contribution in [0.2, 0.25) is 0 Å². The molecule has 1 unspecified atom stereocenters. The van der Waals surface area contributed by atoms with E-state index in [9.17, 15) is 19.5 Å². The molecule has 0 aliphatic carbocycles. The third kappa shape index (κ3) is 6.36. The van der Waals surface area contributed by atoms with Gasteiger partial charge in [0.25, 0.3) is 0 Å². The summed E-state index contributed by atoms with van der Waals surface area (Å²) in [5.41, 5.74) is 0.409. The topological polar surface area (TPSA) is 105 Å². The molecular formula is C22H30N2O6S. The van der Waals surface area contributed by atoms with E-state index in [1.165, 1.54) is 4.90 Å². The van der Waals surface area contributed by atoms with E-state index in [0.29, 0.717) is 23.8 Å². The summed E-state index contributed by atoms with van der Waals surface area (Å²) >= 11 is 1.96. The van der Waals surface area contributed by atoms with Gasteiger partial charge in [0.05, 0.1) is 12.3 Å². The van der Waals surface area contributed by atoms with Crippen molar-refractivity contribution in [2.24, 2.45) is 5.92 Å². The van der Waals surface area contributed by atoms with Crippen LogP contribution in [0.15, 0.2) is 24.3 Å². The van der Waals surface area contributed by atoms with E-state index in [1.807, 2.05) is 11.8 Å². The first-order valence-electron chi connectivity index (χ1n) is 10.7. The molecule has 3 rings (SSSR count). The van der Waals surface area contributed by atoms with Gasteiger partial charge >= 0.3 is 11.9 Å². The van der Waals surface area contributed by atoms with E-state index in [0.717, 1.165) is 30.8 Å². The second-order valence-electron chi connectivity index (χ2n) is 7.75. The van der Waals surface area contributed by atoms with Gasteiger partial charge in [-0.3, -0.25) is 24.6 Å². The summed E-state index contributed by atoms with van der Waals surface area (Å²) < 4.78 is 11.0. The lowest BCUT2D eigenvalue weighted by Gasteiger charge is -2.27. The molecule has 2 atom stereocenters. The SMILES string of the molecule is CCOC(=O)C(CCC1CCSCC1)N[C@H]1COc2ccccc2N(CC(=O)O)C1=O. The van der Waals surface area contributed by atoms with Crippen molar-refractivity contribution >= 4 is 35.3 Å². The molecule has 170 valence electrons. The summed E-state index contributed by atoms with van der Waals surface area (Å²) in [7, 11) is 0. The number of esters is 1. The monoisotopic (exact) mass is 450 g/mol. The van der Waals surface area contributed by atoms with E-state index < -0.39 is 36.5 Å². The molecule has 1 aromatic carbocycles. The maximum absolute atomic E-state index is 13.2. The highest BCUT2D eigenvalue weighted by molar-refractivity contribution is 7.99. The number of carbonyl (C=O) groups is 3. The molecular weight excluding hydrogens is 420 g/mol. The van der Waals surface area contributed by atoms with Crippen molar-refractivity contribution in [1.82, 2.24) is 5.32 Å². The van der Waals surface area contributed by atoms with Crippen LogP contribution in [0.1, 0.15) is 32.6 Å². The summed E-state index contributed by atoms with van der Waals surface area (Å²) in [6.45, 7) is 1.52. The first-order chi connectivity index (χ1) is 15.0. The summed E-state index contributed by atoms with van der Waals surface area (Å²) in [6.07, 6.45) is 3.70. The van der Waals surface area contributed by atoms with Crippen molar-refractivity contribution in [3.8, 4) is 5.75 Å². The lowest BCUT2D eigenvalue weighted by Crippen LogP contribution is -2.55. The minimum absolute atomic E-state index is 0.00192. The molecule has 8 nitrogen and oxygen atoms in total. The predicted molar refractivity (Wildman–Crippen MR) is 119 cm³/mol. The molecule has 0 bridgehead atoms. The Labute approximate surface area is 186 Å². The Morgan fingerprint density at radius 3 is 2.77 bits per heavy atom. The Morgan fingerprint density at radius 2 is 2.06 bits per heavy atom. The van der Waals surface area contributed by atoms with Gasteiger partial charge in [-0.2, -0.15) is 11.8 Å². The molecule has 1 aromatic rings. The quantitative estimate of drug-likeness (QED) is 0.552. The van der Waals surface area contributed by atoms with Gasteiger partial charge in [0.1, 0.15) is 31.0 Å². The van der Waals surface area contributed by atoms with Crippen molar-refractivity contribution in [2.45, 2.75) is 44.7 Å². The van der Waals surface area contributed by atoms with E-state index in [2.05, 4.69) is 5.32 Å². The van der Waals surface area contributed by atoms with Crippen LogP contribution in [-0.4, -0.2) is 66.3 Å². The highest BCUT2D eigenvalue weighted by Crippen LogP contribution is 2.31. The number of ether oxygens (including phenoxy) is 2. The normalized spacial score (nSPS) is 20.4. The van der Waals surface area contributed by atoms with E-state index in [1.54, 1.807) is 31.2 Å². The number of fused-ring (bicyclic) bond motifs is 1. The number of carboxylic acid groups (broad SMARTS) is 1. The largest absolute Gasteiger partial charge is 0.489 e. The number of anilines is 1. The van der Waals surface area contributed by atoms with Crippen LogP contribution in [0.5, 0.6) is 5.75 Å². The third-order valence-corrected chi connectivity index (χ3v) is 6.65. The number of benzene rings is 1. The average Bonchev–Trinajstić information content (AvgIpc) is 2.89. The van der Waals surface area contributed by atoms with Crippen LogP contribution in [0.25, 0.3) is 0 Å². The van der Waals surface area contributed by atoms with Gasteiger partial charge in [-0.1, -0.05) is 12.1 Å². The van der Waals surface area contributed by atoms with Crippen LogP contribution >= 0.6 is 11.8 Å². The molecule has 0 aromatic heterocycles. The number of hydrogen-bond donors (Lipinski definition) is 2. The summed E-state index contributed by atoms with van der Waals surface area (Å²) in [5.74, 6) is 1.32. The Bertz CT molecular complexity index is 783. The Hall–Kier alpha value is -2.26. The highest BCUT2D eigenvalue weighted by atomic mass is 32.2. The number of rotatable bonds is 9. The average molecular weight is 451 g/mol. The van der Waals surface area contributed by atoms with E-state index in [-0.39, 0.29) is 13.2 Å². The smallest absolute Gasteiger partial charge is 0.323 e. The maximum atomic E-state index is 13.2. The lowest BCUT2D eigenvalue weighted by molar-refractivity contribution is -0.146. The number of thioether (sulfide) groups is 1. The second kappa shape index (κ2) is 11.4. The minimum Gasteiger partial charge on any atom is -0.489 e. The molecule has 1 saturated heterocycles. The number of aliphatic carboxylic acids is 1. The van der Waals surface area contributed by atoms with Crippen molar-refractivity contribution in [3.05, 3.63) is 24.3 Å². The highest BCUT2D eigenvalue weighted by Gasteiger charge is 2.35. The maximum Gasteiger partial charge on any atom is 0.323 e. The van der Waals surface area contributed by atoms with Crippen LogP contribution in [0.3, 0.4) is 0 Å². The lowest BCUT2D eigenvalue weighted by atomic mass is 9.94. The zero-order valence-corrected chi connectivity index (χ0v) is 18.6. The van der Waals surface area contributed by atoms with E-state index >= 15 is 0 Å². The molecule has 1 fully saturated rings. The van der Waals surface area contributed by atoms with Gasteiger partial charge in [0, 0.05) is 0 Å². The second-order valence-corrected chi connectivity index (χ2v) is 8.98. The Morgan fingerprint density at radius 1 is 1.32 bits per heavy atom. The van der Waals surface area contributed by atoms with Gasteiger partial charge < -0.3 is 14.6 Å². The van der Waals surface area contributed by atoms with Gasteiger partial charge in [-0.05, 0) is 62.2 Å². The molecule has 1 amide bonds. The Kier molecular flexibility index (Phi) is 8.60. The molecule has 0 saturated carbocycles.